The van der Waals surface area contributed by atoms with Gasteiger partial charge in [-0.3, -0.25) is 0 Å². The van der Waals surface area contributed by atoms with Crippen LogP contribution in [0.1, 0.15) is 29.2 Å². The van der Waals surface area contributed by atoms with Crippen LogP contribution in [-0.4, -0.2) is 5.66 Å². The monoisotopic (exact) mass is 516 g/mol. The van der Waals surface area contributed by atoms with Crippen molar-refractivity contribution in [3.63, 3.8) is 0 Å². The summed E-state index contributed by atoms with van der Waals surface area (Å²) in [6, 6.07) is 36.0. The third kappa shape index (κ3) is 5.79. The van der Waals surface area contributed by atoms with Gasteiger partial charge in [0, 0.05) is 16.5 Å². The Bertz CT molecular complexity index is 1370. The molecule has 1 aliphatic carbocycles. The maximum Gasteiger partial charge on any atom is 0.0268 e. The Hall–Kier alpha value is -3.00. The van der Waals surface area contributed by atoms with Gasteiger partial charge in [0.25, 0.3) is 0 Å². The summed E-state index contributed by atoms with van der Waals surface area (Å²) in [5.41, 5.74) is 11.0. The van der Waals surface area contributed by atoms with Crippen molar-refractivity contribution in [3.05, 3.63) is 148 Å². The van der Waals surface area contributed by atoms with E-state index in [4.69, 9.17) is 0 Å². The zero-order valence-corrected chi connectivity index (χ0v) is 24.2. The molecule has 0 heterocycles. The highest BCUT2D eigenvalue weighted by Crippen LogP contribution is 2.49. The SMILES string of the molecule is Cc1cc(C)cc(P(c2cc(C)cc(C)c2)[C@H](C)C2=C=C(P(c3ccccc3)c3ccccc3)C=C2)c1. The minimum Gasteiger partial charge on any atom is -0.108 e. The fraction of sp³-hybridized carbons (Fsp3) is 0.171. The number of aryl methyl sites for hydroxylation is 4. The molecule has 5 rings (SSSR count). The molecule has 1 atom stereocenters. The van der Waals surface area contributed by atoms with Crippen molar-refractivity contribution in [2.24, 2.45) is 0 Å². The van der Waals surface area contributed by atoms with Gasteiger partial charge in [0.1, 0.15) is 0 Å². The minimum absolute atomic E-state index is 0.356. The summed E-state index contributed by atoms with van der Waals surface area (Å²) in [4.78, 5) is 0. The molecule has 0 unspecified atom stereocenters. The quantitative estimate of drug-likeness (QED) is 0.173. The van der Waals surface area contributed by atoms with Crippen LogP contribution in [-0.2, 0) is 0 Å². The van der Waals surface area contributed by atoms with Gasteiger partial charge in [0.05, 0.1) is 0 Å². The lowest BCUT2D eigenvalue weighted by Crippen LogP contribution is -2.22. The molecule has 4 aromatic carbocycles. The molecular formula is C35H34P2. The molecule has 0 amide bonds. The molecule has 37 heavy (non-hydrogen) atoms. The fourth-order valence-electron chi connectivity index (χ4n) is 5.27. The molecule has 0 fully saturated rings. The molecule has 2 heteroatoms. The summed E-state index contributed by atoms with van der Waals surface area (Å²) in [5, 5.41) is 6.96. The molecule has 0 saturated heterocycles. The smallest absolute Gasteiger partial charge is 0.0268 e. The second kappa shape index (κ2) is 11.2. The summed E-state index contributed by atoms with van der Waals surface area (Å²) >= 11 is 0. The van der Waals surface area contributed by atoms with E-state index in [0.29, 0.717) is 5.66 Å². The molecule has 0 saturated carbocycles. The van der Waals surface area contributed by atoms with E-state index in [2.05, 4.69) is 150 Å². The number of rotatable bonds is 7. The molecule has 0 N–H and O–H groups in total. The van der Waals surface area contributed by atoms with Gasteiger partial charge in [0.2, 0.25) is 0 Å². The lowest BCUT2D eigenvalue weighted by atomic mass is 10.2. The van der Waals surface area contributed by atoms with Gasteiger partial charge < -0.3 is 0 Å². The summed E-state index contributed by atoms with van der Waals surface area (Å²) in [6.45, 7) is 11.3. The van der Waals surface area contributed by atoms with Crippen molar-refractivity contribution >= 4 is 37.1 Å². The van der Waals surface area contributed by atoms with Crippen molar-refractivity contribution in [1.29, 1.82) is 0 Å². The topological polar surface area (TPSA) is 0 Å². The van der Waals surface area contributed by atoms with E-state index in [-0.39, 0.29) is 0 Å². The Morgan fingerprint density at radius 3 is 1.41 bits per heavy atom. The van der Waals surface area contributed by atoms with Crippen LogP contribution in [0, 0.1) is 27.7 Å². The molecule has 0 bridgehead atoms. The van der Waals surface area contributed by atoms with Gasteiger partial charge >= 0.3 is 0 Å². The summed E-state index contributed by atoms with van der Waals surface area (Å²) in [6.07, 6.45) is 4.66. The number of hydrogen-bond donors (Lipinski definition) is 0. The van der Waals surface area contributed by atoms with Gasteiger partial charge in [0.15, 0.2) is 0 Å². The predicted molar refractivity (Wildman–Crippen MR) is 166 cm³/mol. The molecule has 1 aliphatic rings. The van der Waals surface area contributed by atoms with Crippen LogP contribution in [0.25, 0.3) is 0 Å². The van der Waals surface area contributed by atoms with E-state index in [1.165, 1.54) is 54.4 Å². The summed E-state index contributed by atoms with van der Waals surface area (Å²) in [7, 11) is -1.24. The maximum atomic E-state index is 3.93. The lowest BCUT2D eigenvalue weighted by molar-refractivity contribution is 1.17. The van der Waals surface area contributed by atoms with E-state index in [1.807, 2.05) is 0 Å². The first-order valence-corrected chi connectivity index (χ1v) is 15.7. The Morgan fingerprint density at radius 1 is 0.541 bits per heavy atom. The largest absolute Gasteiger partial charge is 0.108 e. The third-order valence-electron chi connectivity index (χ3n) is 6.77. The Labute approximate surface area is 225 Å². The Kier molecular flexibility index (Phi) is 7.74. The Morgan fingerprint density at radius 2 is 0.973 bits per heavy atom. The van der Waals surface area contributed by atoms with Gasteiger partial charge in [-0.15, -0.1) is 5.73 Å². The van der Waals surface area contributed by atoms with E-state index in [1.54, 1.807) is 0 Å². The van der Waals surface area contributed by atoms with E-state index in [0.717, 1.165) is 0 Å². The van der Waals surface area contributed by atoms with Crippen LogP contribution < -0.4 is 21.2 Å². The average Bonchev–Trinajstić information content (AvgIpc) is 3.34. The highest BCUT2D eigenvalue weighted by atomic mass is 31.1. The van der Waals surface area contributed by atoms with Crippen molar-refractivity contribution in [3.8, 4) is 0 Å². The maximum absolute atomic E-state index is 3.93. The Balaban J connectivity index is 1.63. The van der Waals surface area contributed by atoms with Crippen molar-refractivity contribution in [1.82, 2.24) is 0 Å². The average molecular weight is 517 g/mol. The number of benzene rings is 4. The number of hydrogen-bond acceptors (Lipinski definition) is 0. The lowest BCUT2D eigenvalue weighted by Gasteiger charge is -2.27. The van der Waals surface area contributed by atoms with Gasteiger partial charge in [-0.2, -0.15) is 0 Å². The highest BCUT2D eigenvalue weighted by Gasteiger charge is 2.27. The molecule has 184 valence electrons. The van der Waals surface area contributed by atoms with Gasteiger partial charge in [-0.25, -0.2) is 0 Å². The summed E-state index contributed by atoms with van der Waals surface area (Å²) in [5.74, 6) is 0. The molecule has 0 nitrogen and oxygen atoms in total. The molecule has 0 aliphatic heterocycles. The number of allylic oxidation sites excluding steroid dienone is 3. The van der Waals surface area contributed by atoms with Crippen LogP contribution in [0.5, 0.6) is 0 Å². The molecular weight excluding hydrogens is 482 g/mol. The van der Waals surface area contributed by atoms with Gasteiger partial charge in [-0.05, 0) is 76.9 Å². The zero-order valence-electron chi connectivity index (χ0n) is 22.4. The zero-order chi connectivity index (χ0) is 25.9. The molecule has 4 aromatic rings. The second-order valence-corrected chi connectivity index (χ2v) is 14.8. The first-order chi connectivity index (χ1) is 17.9. The summed E-state index contributed by atoms with van der Waals surface area (Å²) < 4.78 is 0. The minimum atomic E-state index is -0.647. The highest BCUT2D eigenvalue weighted by molar-refractivity contribution is 7.77. The fourth-order valence-corrected chi connectivity index (χ4v) is 10.5. The van der Waals surface area contributed by atoms with Crippen LogP contribution in [0.15, 0.2) is 126 Å². The molecule has 0 radical (unpaired) electrons. The van der Waals surface area contributed by atoms with Gasteiger partial charge in [-0.1, -0.05) is 126 Å². The first-order valence-electron chi connectivity index (χ1n) is 12.9. The van der Waals surface area contributed by atoms with Crippen LogP contribution in [0.3, 0.4) is 0 Å². The van der Waals surface area contributed by atoms with E-state index >= 15 is 0 Å². The van der Waals surface area contributed by atoms with Crippen molar-refractivity contribution in [2.45, 2.75) is 40.3 Å². The van der Waals surface area contributed by atoms with Crippen LogP contribution in [0.2, 0.25) is 0 Å². The van der Waals surface area contributed by atoms with Crippen LogP contribution >= 0.6 is 15.8 Å². The van der Waals surface area contributed by atoms with Crippen molar-refractivity contribution in [2.75, 3.05) is 0 Å². The van der Waals surface area contributed by atoms with E-state index < -0.39 is 15.8 Å². The second-order valence-electron chi connectivity index (χ2n) is 10.0. The molecule has 0 spiro atoms. The van der Waals surface area contributed by atoms with Crippen LogP contribution in [0.4, 0.5) is 0 Å². The predicted octanol–water partition coefficient (Wildman–Crippen LogP) is 7.85. The van der Waals surface area contributed by atoms with E-state index in [9.17, 15) is 0 Å². The molecule has 0 aromatic heterocycles. The third-order valence-corrected chi connectivity index (χ3v) is 11.8. The first kappa shape index (κ1) is 25.6. The standard InChI is InChI=1S/C35H34P2/c1-25-18-26(2)21-34(20-25)36(35-22-27(3)19-28(4)23-35)29(5)30-16-17-33(24-30)37(31-12-8-6-9-13-31)32-14-10-7-11-15-32/h6-23,29H,1-5H3/t29-/m1/s1. The normalized spacial score (nSPS) is 13.7. The van der Waals surface area contributed by atoms with Crippen molar-refractivity contribution < 1.29 is 0 Å².